The normalized spacial score (nSPS) is 11.6. The van der Waals surface area contributed by atoms with Gasteiger partial charge in [-0.15, -0.1) is 0 Å². The first-order valence-corrected chi connectivity index (χ1v) is 4.64. The summed E-state index contributed by atoms with van der Waals surface area (Å²) < 4.78 is 9.99. The van der Waals surface area contributed by atoms with E-state index in [2.05, 4.69) is 4.74 Å². The highest BCUT2D eigenvalue weighted by Crippen LogP contribution is 2.17. The van der Waals surface area contributed by atoms with Gasteiger partial charge in [0.15, 0.2) is 0 Å². The summed E-state index contributed by atoms with van der Waals surface area (Å²) in [5.41, 5.74) is 6.89. The zero-order chi connectivity index (χ0) is 11.4. The number of rotatable bonds is 3. The smallest absolute Gasteiger partial charge is 0.341 e. The molecule has 0 amide bonds. The summed E-state index contributed by atoms with van der Waals surface area (Å²) in [5.74, 6) is 0.787. The number of carbonyl (C=O) groups is 1. The Morgan fingerprint density at radius 2 is 2.33 bits per heavy atom. The van der Waals surface area contributed by atoms with Crippen LogP contribution in [0.4, 0.5) is 0 Å². The van der Waals surface area contributed by atoms with Crippen molar-refractivity contribution in [2.24, 2.45) is 5.73 Å². The molecule has 0 aliphatic rings. The lowest BCUT2D eigenvalue weighted by atomic mass is 10.2. The first-order chi connectivity index (χ1) is 7.08. The van der Waals surface area contributed by atoms with Crippen molar-refractivity contribution in [3.05, 3.63) is 28.7 Å². The number of hydrogen-bond donors (Lipinski definition) is 1. The molecular weight excluding hydrogens is 194 g/mol. The van der Waals surface area contributed by atoms with Gasteiger partial charge in [-0.1, -0.05) is 5.57 Å². The first-order valence-electron chi connectivity index (χ1n) is 4.64. The van der Waals surface area contributed by atoms with Crippen LogP contribution in [-0.2, 0) is 4.74 Å². The van der Waals surface area contributed by atoms with E-state index in [4.69, 9.17) is 10.2 Å². The lowest BCUT2D eigenvalue weighted by Crippen LogP contribution is -2.00. The lowest BCUT2D eigenvalue weighted by Gasteiger charge is -1.93. The van der Waals surface area contributed by atoms with Gasteiger partial charge in [-0.3, -0.25) is 0 Å². The molecule has 0 spiro atoms. The minimum Gasteiger partial charge on any atom is -0.465 e. The van der Waals surface area contributed by atoms with E-state index in [-0.39, 0.29) is 5.97 Å². The summed E-state index contributed by atoms with van der Waals surface area (Å²) in [7, 11) is 1.34. The maximum Gasteiger partial charge on any atom is 0.341 e. The predicted molar refractivity (Wildman–Crippen MR) is 57.5 cm³/mol. The van der Waals surface area contributed by atoms with Crippen LogP contribution < -0.4 is 5.73 Å². The number of aryl methyl sites for hydroxylation is 1. The molecule has 0 saturated carbocycles. The predicted octanol–water partition coefficient (Wildman–Crippen LogP) is 1.74. The molecule has 82 valence electrons. The molecule has 0 aliphatic carbocycles. The molecule has 15 heavy (non-hydrogen) atoms. The van der Waals surface area contributed by atoms with Gasteiger partial charge in [0.05, 0.1) is 7.11 Å². The second kappa shape index (κ2) is 4.79. The van der Waals surface area contributed by atoms with Gasteiger partial charge in [-0.25, -0.2) is 4.79 Å². The summed E-state index contributed by atoms with van der Waals surface area (Å²) in [6.07, 6.45) is 1.80. The number of ether oxygens (including phenoxy) is 1. The monoisotopic (exact) mass is 209 g/mol. The zero-order valence-corrected chi connectivity index (χ0v) is 9.16. The summed E-state index contributed by atoms with van der Waals surface area (Å²) >= 11 is 0. The van der Waals surface area contributed by atoms with E-state index in [1.807, 2.05) is 6.92 Å². The average Bonchev–Trinajstić information content (AvgIpc) is 2.58. The molecular formula is C11H15NO3. The minimum absolute atomic E-state index is 0.388. The van der Waals surface area contributed by atoms with Crippen molar-refractivity contribution in [1.82, 2.24) is 0 Å². The van der Waals surface area contributed by atoms with Crippen molar-refractivity contribution in [3.8, 4) is 0 Å². The number of furan rings is 1. The molecule has 4 heteroatoms. The topological polar surface area (TPSA) is 65.5 Å². The van der Waals surface area contributed by atoms with E-state index in [1.54, 1.807) is 19.1 Å². The number of esters is 1. The molecule has 4 nitrogen and oxygen atoms in total. The third-order valence-corrected chi connectivity index (χ3v) is 2.05. The van der Waals surface area contributed by atoms with Crippen molar-refractivity contribution in [2.75, 3.05) is 13.7 Å². The van der Waals surface area contributed by atoms with Crippen LogP contribution in [0.1, 0.15) is 28.8 Å². The van der Waals surface area contributed by atoms with Gasteiger partial charge in [0, 0.05) is 6.54 Å². The Balaban J connectivity index is 3.01. The second-order valence-corrected chi connectivity index (χ2v) is 3.31. The molecule has 1 aromatic heterocycles. The van der Waals surface area contributed by atoms with Crippen molar-refractivity contribution >= 4 is 12.0 Å². The van der Waals surface area contributed by atoms with E-state index in [0.717, 1.165) is 5.57 Å². The fraction of sp³-hybridized carbons (Fsp3) is 0.364. The molecule has 0 radical (unpaired) electrons. The van der Waals surface area contributed by atoms with Crippen LogP contribution >= 0.6 is 0 Å². The molecule has 1 rings (SSSR count). The number of hydrogen-bond acceptors (Lipinski definition) is 4. The van der Waals surface area contributed by atoms with Gasteiger partial charge >= 0.3 is 5.97 Å². The van der Waals surface area contributed by atoms with Crippen molar-refractivity contribution in [3.63, 3.8) is 0 Å². The van der Waals surface area contributed by atoms with Crippen LogP contribution in [0.3, 0.4) is 0 Å². The van der Waals surface area contributed by atoms with Gasteiger partial charge in [-0.05, 0) is 26.0 Å². The molecule has 0 aliphatic heterocycles. The highest BCUT2D eigenvalue weighted by molar-refractivity contribution is 5.91. The summed E-state index contributed by atoms with van der Waals surface area (Å²) in [4.78, 5) is 11.3. The zero-order valence-electron chi connectivity index (χ0n) is 9.16. The molecule has 0 unspecified atom stereocenters. The lowest BCUT2D eigenvalue weighted by molar-refractivity contribution is 0.0599. The number of methoxy groups -OCH3 is 1. The summed E-state index contributed by atoms with van der Waals surface area (Å²) in [6.45, 7) is 4.09. The second-order valence-electron chi connectivity index (χ2n) is 3.31. The van der Waals surface area contributed by atoms with Crippen molar-refractivity contribution in [2.45, 2.75) is 13.8 Å². The standard InChI is InChI=1S/C11H15NO3/c1-7(6-12)4-9-5-10(8(2)15-9)11(13)14-3/h4-5H,6,12H2,1-3H3. The van der Waals surface area contributed by atoms with E-state index in [0.29, 0.717) is 23.6 Å². The first kappa shape index (κ1) is 11.5. The quantitative estimate of drug-likeness (QED) is 0.770. The van der Waals surface area contributed by atoms with Crippen LogP contribution in [0, 0.1) is 6.92 Å². The fourth-order valence-corrected chi connectivity index (χ4v) is 1.19. The number of nitrogens with two attached hydrogens (primary N) is 1. The Morgan fingerprint density at radius 3 is 2.87 bits per heavy atom. The Bertz CT molecular complexity index is 391. The highest BCUT2D eigenvalue weighted by Gasteiger charge is 2.14. The third-order valence-electron chi connectivity index (χ3n) is 2.05. The van der Waals surface area contributed by atoms with E-state index in [9.17, 15) is 4.79 Å². The van der Waals surface area contributed by atoms with Gasteiger partial charge in [0.25, 0.3) is 0 Å². The van der Waals surface area contributed by atoms with E-state index >= 15 is 0 Å². The molecule has 1 aromatic rings. The van der Waals surface area contributed by atoms with E-state index in [1.165, 1.54) is 7.11 Å². The Hall–Kier alpha value is -1.55. The Kier molecular flexibility index (Phi) is 3.68. The molecule has 0 saturated heterocycles. The third kappa shape index (κ3) is 2.70. The molecule has 0 bridgehead atoms. The summed E-state index contributed by atoms with van der Waals surface area (Å²) in [5, 5.41) is 0. The Labute approximate surface area is 88.7 Å². The largest absolute Gasteiger partial charge is 0.465 e. The van der Waals surface area contributed by atoms with Crippen molar-refractivity contribution < 1.29 is 13.9 Å². The summed E-state index contributed by atoms with van der Waals surface area (Å²) in [6, 6.07) is 1.65. The van der Waals surface area contributed by atoms with Gasteiger partial charge in [-0.2, -0.15) is 0 Å². The van der Waals surface area contributed by atoms with Gasteiger partial charge < -0.3 is 14.9 Å². The van der Waals surface area contributed by atoms with E-state index < -0.39 is 0 Å². The van der Waals surface area contributed by atoms with Crippen LogP contribution in [-0.4, -0.2) is 19.6 Å². The van der Waals surface area contributed by atoms with Crippen LogP contribution in [0.25, 0.3) is 6.08 Å². The molecule has 0 atom stereocenters. The maximum absolute atomic E-state index is 11.3. The van der Waals surface area contributed by atoms with Crippen LogP contribution in [0.15, 0.2) is 16.1 Å². The van der Waals surface area contributed by atoms with Gasteiger partial charge in [0.1, 0.15) is 17.1 Å². The Morgan fingerprint density at radius 1 is 1.67 bits per heavy atom. The van der Waals surface area contributed by atoms with Crippen LogP contribution in [0.2, 0.25) is 0 Å². The fourth-order valence-electron chi connectivity index (χ4n) is 1.19. The molecule has 1 heterocycles. The minimum atomic E-state index is -0.388. The number of carbonyl (C=O) groups excluding carboxylic acids is 1. The van der Waals surface area contributed by atoms with Crippen molar-refractivity contribution in [1.29, 1.82) is 0 Å². The maximum atomic E-state index is 11.3. The SMILES string of the molecule is COC(=O)c1cc(C=C(C)CN)oc1C. The highest BCUT2D eigenvalue weighted by atomic mass is 16.5. The molecule has 0 fully saturated rings. The van der Waals surface area contributed by atoms with Gasteiger partial charge in [0.2, 0.25) is 0 Å². The average molecular weight is 209 g/mol. The molecule has 0 aromatic carbocycles. The molecule has 2 N–H and O–H groups in total. The van der Waals surface area contributed by atoms with Crippen LogP contribution in [0.5, 0.6) is 0 Å².